The van der Waals surface area contributed by atoms with Crippen molar-refractivity contribution in [1.82, 2.24) is 15.5 Å². The topological polar surface area (TPSA) is 71.3 Å². The number of rotatable bonds is 6. The largest absolute Gasteiger partial charge is 0.406 e. The second kappa shape index (κ2) is 8.90. The quantitative estimate of drug-likeness (QED) is 0.687. The first-order chi connectivity index (χ1) is 14.2. The van der Waals surface area contributed by atoms with Crippen LogP contribution >= 0.6 is 0 Å². The van der Waals surface area contributed by atoms with Crippen molar-refractivity contribution in [1.29, 1.82) is 0 Å². The molecule has 150 valence electrons. The number of hydrogen-bond donors (Lipinski definition) is 1. The van der Waals surface area contributed by atoms with E-state index in [1.165, 1.54) is 6.42 Å². The number of carbonyl (C=O) groups is 1. The van der Waals surface area contributed by atoms with Gasteiger partial charge in [0.05, 0.1) is 0 Å². The number of benzene rings is 2. The maximum Gasteiger partial charge on any atom is 0.318 e. The molecule has 0 bridgehead atoms. The molecule has 0 saturated carbocycles. The van der Waals surface area contributed by atoms with Crippen molar-refractivity contribution in [3.05, 3.63) is 77.2 Å². The Hall–Kier alpha value is -3.15. The van der Waals surface area contributed by atoms with Crippen LogP contribution in [0, 0.1) is 6.92 Å². The molecule has 0 aliphatic carbocycles. The molecule has 6 heteroatoms. The van der Waals surface area contributed by atoms with Gasteiger partial charge in [0.1, 0.15) is 6.04 Å². The zero-order chi connectivity index (χ0) is 20.1. The maximum absolute atomic E-state index is 12.9. The second-order valence-electron chi connectivity index (χ2n) is 7.50. The van der Waals surface area contributed by atoms with Crippen molar-refractivity contribution in [2.45, 2.75) is 38.6 Å². The Morgan fingerprint density at radius 1 is 1.03 bits per heavy atom. The van der Waals surface area contributed by atoms with Crippen LogP contribution in [0.15, 0.2) is 59.0 Å². The van der Waals surface area contributed by atoms with Gasteiger partial charge in [0, 0.05) is 25.1 Å². The highest BCUT2D eigenvalue weighted by molar-refractivity contribution is 5.95. The molecule has 1 N–H and O–H groups in total. The van der Waals surface area contributed by atoms with Gasteiger partial charge in [0.2, 0.25) is 5.89 Å². The molecule has 1 fully saturated rings. The first kappa shape index (κ1) is 19.2. The zero-order valence-corrected chi connectivity index (χ0v) is 16.7. The molecule has 1 amide bonds. The van der Waals surface area contributed by atoms with E-state index in [-0.39, 0.29) is 5.91 Å². The second-order valence-corrected chi connectivity index (χ2v) is 7.50. The number of anilines is 1. The number of carbonyl (C=O) groups excluding carboxylic acids is 1. The molecule has 4 rings (SSSR count). The summed E-state index contributed by atoms with van der Waals surface area (Å²) in [6.45, 7) is 3.80. The summed E-state index contributed by atoms with van der Waals surface area (Å²) in [6, 6.07) is 17.7. The third-order valence-electron chi connectivity index (χ3n) is 5.33. The molecule has 1 saturated heterocycles. The normalized spacial score (nSPS) is 15.1. The number of nitrogens with zero attached hydrogens (tertiary/aromatic N) is 3. The van der Waals surface area contributed by atoms with Gasteiger partial charge in [-0.1, -0.05) is 53.6 Å². The van der Waals surface area contributed by atoms with E-state index in [9.17, 15) is 4.79 Å². The summed E-state index contributed by atoms with van der Waals surface area (Å²) in [5.41, 5.74) is 2.68. The molecule has 1 aromatic heterocycles. The summed E-state index contributed by atoms with van der Waals surface area (Å²) < 4.78 is 6.01. The van der Waals surface area contributed by atoms with Crippen molar-refractivity contribution in [2.24, 2.45) is 0 Å². The van der Waals surface area contributed by atoms with Gasteiger partial charge in [0.15, 0.2) is 0 Å². The van der Waals surface area contributed by atoms with E-state index in [0.29, 0.717) is 23.9 Å². The fourth-order valence-electron chi connectivity index (χ4n) is 3.69. The average molecular weight is 390 g/mol. The molecular weight excluding hydrogens is 364 g/mol. The van der Waals surface area contributed by atoms with Gasteiger partial charge in [0.25, 0.3) is 5.91 Å². The zero-order valence-electron chi connectivity index (χ0n) is 16.7. The summed E-state index contributed by atoms with van der Waals surface area (Å²) in [5, 5.41) is 11.6. The molecule has 1 aliphatic rings. The molecule has 1 aliphatic heterocycles. The first-order valence-corrected chi connectivity index (χ1v) is 10.2. The highest BCUT2D eigenvalue weighted by Gasteiger charge is 2.25. The van der Waals surface area contributed by atoms with Crippen LogP contribution in [0.5, 0.6) is 0 Å². The lowest BCUT2D eigenvalue weighted by Crippen LogP contribution is -2.31. The Morgan fingerprint density at radius 3 is 2.52 bits per heavy atom. The van der Waals surface area contributed by atoms with Crippen molar-refractivity contribution in [2.75, 3.05) is 18.0 Å². The molecular formula is C23H26N4O2. The van der Waals surface area contributed by atoms with Crippen molar-refractivity contribution < 1.29 is 9.21 Å². The van der Waals surface area contributed by atoms with Gasteiger partial charge in [-0.15, -0.1) is 5.10 Å². The number of aromatic nitrogens is 2. The van der Waals surface area contributed by atoms with E-state index in [0.717, 1.165) is 37.1 Å². The smallest absolute Gasteiger partial charge is 0.318 e. The number of nitrogens with one attached hydrogen (secondary N) is 1. The lowest BCUT2D eigenvalue weighted by Gasteiger charge is -2.24. The fraction of sp³-hybridized carbons (Fsp3) is 0.348. The minimum absolute atomic E-state index is 0.137. The van der Waals surface area contributed by atoms with Gasteiger partial charge in [-0.3, -0.25) is 4.79 Å². The Bertz CT molecular complexity index is 948. The lowest BCUT2D eigenvalue weighted by atomic mass is 10.0. The average Bonchev–Trinajstić information content (AvgIpc) is 3.25. The van der Waals surface area contributed by atoms with E-state index in [1.54, 1.807) is 0 Å². The molecule has 1 unspecified atom stereocenters. The predicted molar refractivity (Wildman–Crippen MR) is 112 cm³/mol. The molecule has 6 nitrogen and oxygen atoms in total. The Kier molecular flexibility index (Phi) is 5.89. The summed E-state index contributed by atoms with van der Waals surface area (Å²) in [4.78, 5) is 15.1. The molecule has 3 aromatic rings. The van der Waals surface area contributed by atoms with Crippen LogP contribution < -0.4 is 10.2 Å². The van der Waals surface area contributed by atoms with Gasteiger partial charge in [-0.05, 0) is 43.4 Å². The minimum atomic E-state index is -0.393. The van der Waals surface area contributed by atoms with Crippen LogP contribution in [0.25, 0.3) is 0 Å². The van der Waals surface area contributed by atoms with Crippen LogP contribution in [0.4, 0.5) is 6.01 Å². The molecule has 1 atom stereocenters. The van der Waals surface area contributed by atoms with E-state index < -0.39 is 6.04 Å². The lowest BCUT2D eigenvalue weighted by molar-refractivity contribution is 0.0929. The van der Waals surface area contributed by atoms with E-state index >= 15 is 0 Å². The number of piperidine rings is 1. The third-order valence-corrected chi connectivity index (χ3v) is 5.33. The predicted octanol–water partition coefficient (Wildman–Crippen LogP) is 4.08. The van der Waals surface area contributed by atoms with Gasteiger partial charge in [-0.25, -0.2) is 0 Å². The van der Waals surface area contributed by atoms with E-state index in [2.05, 4.69) is 20.4 Å². The highest BCUT2D eigenvalue weighted by atomic mass is 16.4. The standard InChI is InChI=1S/C23H26N4O2/c1-17-10-6-7-13-19(17)21(28)24-20(16-18-11-4-2-5-12-18)22-25-26-23(29-22)27-14-8-3-9-15-27/h2,4-7,10-13,20H,3,8-9,14-16H2,1H3,(H,24,28). The third kappa shape index (κ3) is 4.65. The maximum atomic E-state index is 12.9. The molecule has 0 spiro atoms. The van der Waals surface area contributed by atoms with Crippen LogP contribution in [-0.4, -0.2) is 29.2 Å². The minimum Gasteiger partial charge on any atom is -0.406 e. The van der Waals surface area contributed by atoms with Crippen molar-refractivity contribution in [3.63, 3.8) is 0 Å². The number of amides is 1. The summed E-state index contributed by atoms with van der Waals surface area (Å²) in [6.07, 6.45) is 4.09. The molecule has 2 heterocycles. The van der Waals surface area contributed by atoms with Gasteiger partial charge < -0.3 is 14.6 Å². The van der Waals surface area contributed by atoms with Crippen molar-refractivity contribution >= 4 is 11.9 Å². The summed E-state index contributed by atoms with van der Waals surface area (Å²) in [7, 11) is 0. The van der Waals surface area contributed by atoms with Crippen molar-refractivity contribution in [3.8, 4) is 0 Å². The van der Waals surface area contributed by atoms with E-state index in [4.69, 9.17) is 4.42 Å². The summed E-state index contributed by atoms with van der Waals surface area (Å²) >= 11 is 0. The van der Waals surface area contributed by atoms with Crippen LogP contribution in [-0.2, 0) is 6.42 Å². The van der Waals surface area contributed by atoms with Gasteiger partial charge >= 0.3 is 6.01 Å². The van der Waals surface area contributed by atoms with Gasteiger partial charge in [-0.2, -0.15) is 0 Å². The summed E-state index contributed by atoms with van der Waals surface area (Å²) in [5.74, 6) is 0.304. The molecule has 2 aromatic carbocycles. The highest BCUT2D eigenvalue weighted by Crippen LogP contribution is 2.24. The number of aryl methyl sites for hydroxylation is 1. The van der Waals surface area contributed by atoms with Crippen LogP contribution in [0.2, 0.25) is 0 Å². The SMILES string of the molecule is Cc1ccccc1C(=O)NC(Cc1ccccc1)c1nnc(N2CCCCC2)o1. The Labute approximate surface area is 170 Å². The van der Waals surface area contributed by atoms with Crippen LogP contribution in [0.3, 0.4) is 0 Å². The fourth-order valence-corrected chi connectivity index (χ4v) is 3.69. The van der Waals surface area contributed by atoms with Crippen LogP contribution in [0.1, 0.15) is 52.7 Å². The molecule has 0 radical (unpaired) electrons. The number of hydrogen-bond acceptors (Lipinski definition) is 5. The first-order valence-electron chi connectivity index (χ1n) is 10.2. The Balaban J connectivity index is 1.57. The Morgan fingerprint density at radius 2 is 1.76 bits per heavy atom. The molecule has 29 heavy (non-hydrogen) atoms. The monoisotopic (exact) mass is 390 g/mol. The van der Waals surface area contributed by atoms with E-state index in [1.807, 2.05) is 61.5 Å².